The number of thiazole rings is 1. The van der Waals surface area contributed by atoms with Gasteiger partial charge in [-0.25, -0.2) is 15.0 Å². The van der Waals surface area contributed by atoms with E-state index in [1.54, 1.807) is 11.3 Å². The Morgan fingerprint density at radius 2 is 2.00 bits per heavy atom. The zero-order chi connectivity index (χ0) is 17.6. The van der Waals surface area contributed by atoms with Crippen LogP contribution in [0.1, 0.15) is 67.9 Å². The van der Waals surface area contributed by atoms with Gasteiger partial charge in [-0.3, -0.25) is 0 Å². The van der Waals surface area contributed by atoms with E-state index in [0.29, 0.717) is 12.5 Å². The SMILES string of the molecule is Cc1cc(N2CCOC(c3nc(C(C)(C)C)cs3)C2)nc(C2CC2)n1. The lowest BCUT2D eigenvalue weighted by atomic mass is 9.93. The summed E-state index contributed by atoms with van der Waals surface area (Å²) in [5.74, 6) is 2.63. The number of hydrogen-bond donors (Lipinski definition) is 0. The van der Waals surface area contributed by atoms with E-state index in [4.69, 9.17) is 14.7 Å². The van der Waals surface area contributed by atoms with Crippen LogP contribution in [-0.2, 0) is 10.2 Å². The maximum Gasteiger partial charge on any atom is 0.134 e. The molecule has 0 amide bonds. The fourth-order valence-electron chi connectivity index (χ4n) is 3.05. The Kier molecular flexibility index (Phi) is 4.28. The molecule has 1 saturated carbocycles. The lowest BCUT2D eigenvalue weighted by Gasteiger charge is -2.33. The highest BCUT2D eigenvalue weighted by Crippen LogP contribution is 2.39. The van der Waals surface area contributed by atoms with Crippen molar-refractivity contribution < 1.29 is 4.74 Å². The van der Waals surface area contributed by atoms with Crippen LogP contribution in [0.15, 0.2) is 11.4 Å². The van der Waals surface area contributed by atoms with Gasteiger partial charge in [0.05, 0.1) is 18.8 Å². The number of ether oxygens (including phenoxy) is 1. The zero-order valence-corrected chi connectivity index (χ0v) is 16.3. The second-order valence-electron chi connectivity index (χ2n) is 8.13. The van der Waals surface area contributed by atoms with Crippen molar-refractivity contribution in [3.63, 3.8) is 0 Å². The number of aromatic nitrogens is 3. The predicted octanol–water partition coefficient (Wildman–Crippen LogP) is 3.99. The standard InChI is InChI=1S/C19H26N4OS/c1-12-9-16(22-17(20-12)13-5-6-13)23-7-8-24-14(10-23)18-21-15(11-25-18)19(2,3)4/h9,11,13-14H,5-8,10H2,1-4H3. The maximum atomic E-state index is 6.02. The van der Waals surface area contributed by atoms with Crippen LogP contribution in [0.3, 0.4) is 0 Å². The summed E-state index contributed by atoms with van der Waals surface area (Å²) in [6.07, 6.45) is 2.47. The number of morpholine rings is 1. The lowest BCUT2D eigenvalue weighted by Crippen LogP contribution is -2.39. The molecule has 0 N–H and O–H groups in total. The Hall–Kier alpha value is -1.53. The molecule has 0 aromatic carbocycles. The van der Waals surface area contributed by atoms with Gasteiger partial charge in [0.1, 0.15) is 22.8 Å². The molecule has 2 fully saturated rings. The van der Waals surface area contributed by atoms with Gasteiger partial charge in [0.15, 0.2) is 0 Å². The molecule has 0 spiro atoms. The van der Waals surface area contributed by atoms with E-state index in [-0.39, 0.29) is 11.5 Å². The van der Waals surface area contributed by atoms with E-state index in [1.807, 2.05) is 0 Å². The van der Waals surface area contributed by atoms with Crippen LogP contribution in [0.4, 0.5) is 5.82 Å². The van der Waals surface area contributed by atoms with Gasteiger partial charge < -0.3 is 9.64 Å². The van der Waals surface area contributed by atoms with E-state index in [0.717, 1.165) is 41.1 Å². The summed E-state index contributed by atoms with van der Waals surface area (Å²) in [6, 6.07) is 2.09. The summed E-state index contributed by atoms with van der Waals surface area (Å²) in [5, 5.41) is 3.24. The first-order valence-electron chi connectivity index (χ1n) is 9.08. The number of rotatable bonds is 3. The molecule has 1 atom stereocenters. The van der Waals surface area contributed by atoms with Gasteiger partial charge in [0.2, 0.25) is 0 Å². The fourth-order valence-corrected chi connectivity index (χ4v) is 4.13. The summed E-state index contributed by atoms with van der Waals surface area (Å²) in [5.41, 5.74) is 2.27. The smallest absolute Gasteiger partial charge is 0.134 e. The Balaban J connectivity index is 1.54. The zero-order valence-electron chi connectivity index (χ0n) is 15.5. The molecule has 25 heavy (non-hydrogen) atoms. The van der Waals surface area contributed by atoms with Gasteiger partial charge in [0, 0.05) is 35.0 Å². The Morgan fingerprint density at radius 1 is 1.20 bits per heavy atom. The van der Waals surface area contributed by atoms with Crippen molar-refractivity contribution in [2.45, 2.75) is 58.0 Å². The van der Waals surface area contributed by atoms with Crippen molar-refractivity contribution in [1.29, 1.82) is 0 Å². The second kappa shape index (κ2) is 6.32. The minimum absolute atomic E-state index is 0.0227. The Bertz CT molecular complexity index is 763. The number of anilines is 1. The molecule has 1 aliphatic carbocycles. The topological polar surface area (TPSA) is 51.1 Å². The monoisotopic (exact) mass is 358 g/mol. The average Bonchev–Trinajstić information content (AvgIpc) is 3.29. The van der Waals surface area contributed by atoms with Crippen LogP contribution in [0.2, 0.25) is 0 Å². The minimum Gasteiger partial charge on any atom is -0.367 e. The van der Waals surface area contributed by atoms with Gasteiger partial charge in [-0.1, -0.05) is 20.8 Å². The molecule has 4 rings (SSSR count). The third-order valence-corrected chi connectivity index (χ3v) is 5.69. The molecular weight excluding hydrogens is 332 g/mol. The fraction of sp³-hybridized carbons (Fsp3) is 0.632. The Labute approximate surface area is 153 Å². The van der Waals surface area contributed by atoms with Gasteiger partial charge >= 0.3 is 0 Å². The molecule has 1 aliphatic heterocycles. The second-order valence-corrected chi connectivity index (χ2v) is 9.02. The van der Waals surface area contributed by atoms with Crippen molar-refractivity contribution in [3.05, 3.63) is 33.7 Å². The van der Waals surface area contributed by atoms with Gasteiger partial charge in [0.25, 0.3) is 0 Å². The van der Waals surface area contributed by atoms with E-state index in [1.165, 1.54) is 12.8 Å². The molecule has 3 heterocycles. The largest absolute Gasteiger partial charge is 0.367 e. The number of aryl methyl sites for hydroxylation is 1. The predicted molar refractivity (Wildman–Crippen MR) is 100 cm³/mol. The summed E-state index contributed by atoms with van der Waals surface area (Å²) in [7, 11) is 0. The van der Waals surface area contributed by atoms with Gasteiger partial charge in [-0.05, 0) is 19.8 Å². The van der Waals surface area contributed by atoms with Crippen LogP contribution in [-0.4, -0.2) is 34.6 Å². The number of hydrogen-bond acceptors (Lipinski definition) is 6. The quantitative estimate of drug-likeness (QED) is 0.830. The van der Waals surface area contributed by atoms with Crippen LogP contribution < -0.4 is 4.90 Å². The highest BCUT2D eigenvalue weighted by molar-refractivity contribution is 7.09. The third-order valence-electron chi connectivity index (χ3n) is 4.76. The molecule has 1 saturated heterocycles. The molecular formula is C19H26N4OS. The van der Waals surface area contributed by atoms with Crippen molar-refractivity contribution in [2.24, 2.45) is 0 Å². The molecule has 5 nitrogen and oxygen atoms in total. The van der Waals surface area contributed by atoms with Crippen molar-refractivity contribution in [2.75, 3.05) is 24.6 Å². The van der Waals surface area contributed by atoms with Crippen LogP contribution in [0.5, 0.6) is 0 Å². The van der Waals surface area contributed by atoms with E-state index in [2.05, 4.69) is 49.0 Å². The summed E-state index contributed by atoms with van der Waals surface area (Å²) < 4.78 is 6.02. The first-order chi connectivity index (χ1) is 11.9. The van der Waals surface area contributed by atoms with Crippen LogP contribution in [0, 0.1) is 6.92 Å². The van der Waals surface area contributed by atoms with E-state index >= 15 is 0 Å². The van der Waals surface area contributed by atoms with E-state index in [9.17, 15) is 0 Å². The van der Waals surface area contributed by atoms with Crippen LogP contribution >= 0.6 is 11.3 Å². The molecule has 6 heteroatoms. The minimum atomic E-state index is 0.0227. The maximum absolute atomic E-state index is 6.02. The summed E-state index contributed by atoms with van der Waals surface area (Å²) in [6.45, 7) is 11.0. The van der Waals surface area contributed by atoms with Crippen molar-refractivity contribution >= 4 is 17.2 Å². The van der Waals surface area contributed by atoms with Gasteiger partial charge in [-0.15, -0.1) is 11.3 Å². The summed E-state index contributed by atoms with van der Waals surface area (Å²) >= 11 is 1.71. The molecule has 2 aliphatic rings. The molecule has 0 radical (unpaired) electrons. The van der Waals surface area contributed by atoms with Crippen molar-refractivity contribution in [3.8, 4) is 0 Å². The van der Waals surface area contributed by atoms with E-state index < -0.39 is 0 Å². The first kappa shape index (κ1) is 16.9. The van der Waals surface area contributed by atoms with Crippen LogP contribution in [0.25, 0.3) is 0 Å². The molecule has 134 valence electrons. The molecule has 1 unspecified atom stereocenters. The molecule has 0 bridgehead atoms. The first-order valence-corrected chi connectivity index (χ1v) is 9.96. The molecule has 2 aromatic rings. The Morgan fingerprint density at radius 3 is 2.68 bits per heavy atom. The highest BCUT2D eigenvalue weighted by Gasteiger charge is 2.30. The average molecular weight is 359 g/mol. The van der Waals surface area contributed by atoms with Gasteiger partial charge in [-0.2, -0.15) is 0 Å². The lowest BCUT2D eigenvalue weighted by molar-refractivity contribution is 0.0392. The van der Waals surface area contributed by atoms with Crippen molar-refractivity contribution in [1.82, 2.24) is 15.0 Å². The normalized spacial score (nSPS) is 21.6. The number of nitrogens with zero attached hydrogens (tertiary/aromatic N) is 4. The third kappa shape index (κ3) is 3.70. The summed E-state index contributed by atoms with van der Waals surface area (Å²) in [4.78, 5) is 16.6. The molecule has 2 aromatic heterocycles. The highest BCUT2D eigenvalue weighted by atomic mass is 32.1.